The molecule has 35 heavy (non-hydrogen) atoms. The van der Waals surface area contributed by atoms with E-state index in [0.29, 0.717) is 22.9 Å². The van der Waals surface area contributed by atoms with E-state index in [9.17, 15) is 22.8 Å². The van der Waals surface area contributed by atoms with E-state index in [4.69, 9.17) is 5.73 Å². The molecule has 0 aliphatic carbocycles. The van der Waals surface area contributed by atoms with E-state index in [2.05, 4.69) is 4.98 Å². The molecule has 1 fully saturated rings. The van der Waals surface area contributed by atoms with Crippen molar-refractivity contribution >= 4 is 22.7 Å². The predicted octanol–water partition coefficient (Wildman–Crippen LogP) is 3.69. The smallest absolute Gasteiger partial charge is 0.341 e. The zero-order valence-corrected chi connectivity index (χ0v) is 19.1. The van der Waals surface area contributed by atoms with Crippen LogP contribution in [0.2, 0.25) is 0 Å². The minimum Gasteiger partial charge on any atom is -0.341 e. The molecular weight excluding hydrogens is 457 g/mol. The Morgan fingerprint density at radius 1 is 1.03 bits per heavy atom. The molecule has 1 aromatic heterocycles. The third kappa shape index (κ3) is 5.79. The maximum atomic E-state index is 13.5. The van der Waals surface area contributed by atoms with Gasteiger partial charge >= 0.3 is 12.1 Å². The number of para-hydroxylation sites is 1. The maximum absolute atomic E-state index is 13.5. The SMILES string of the molecule is N[C@H](Cc1ccccc1)C(=O)N1CCC(N(Cc2ccnc3ccccc23)C(=O)C(F)(F)F)CC1. The number of hydrogen-bond donors (Lipinski definition) is 1. The van der Waals surface area contributed by atoms with Crippen molar-refractivity contribution in [1.82, 2.24) is 14.8 Å². The van der Waals surface area contributed by atoms with Gasteiger partial charge in [0.15, 0.2) is 0 Å². The molecular formula is C26H27F3N4O2. The minimum atomic E-state index is -4.99. The van der Waals surface area contributed by atoms with Crippen LogP contribution in [0.3, 0.4) is 0 Å². The third-order valence-corrected chi connectivity index (χ3v) is 6.42. The average Bonchev–Trinajstić information content (AvgIpc) is 2.86. The third-order valence-electron chi connectivity index (χ3n) is 6.42. The van der Waals surface area contributed by atoms with E-state index in [0.717, 1.165) is 10.5 Å². The Kier molecular flexibility index (Phi) is 7.35. The number of likely N-dealkylation sites (tertiary alicyclic amines) is 1. The van der Waals surface area contributed by atoms with Crippen molar-refractivity contribution in [3.05, 3.63) is 78.0 Å². The molecule has 2 aromatic carbocycles. The topological polar surface area (TPSA) is 79.5 Å². The molecule has 184 valence electrons. The highest BCUT2D eigenvalue weighted by molar-refractivity contribution is 5.85. The Morgan fingerprint density at radius 3 is 2.37 bits per heavy atom. The molecule has 0 unspecified atom stereocenters. The molecule has 1 aliphatic rings. The average molecular weight is 485 g/mol. The lowest BCUT2D eigenvalue weighted by Crippen LogP contribution is -2.54. The van der Waals surface area contributed by atoms with Crippen molar-refractivity contribution in [2.24, 2.45) is 5.73 Å². The van der Waals surface area contributed by atoms with E-state index in [1.165, 1.54) is 6.20 Å². The van der Waals surface area contributed by atoms with Crippen LogP contribution < -0.4 is 5.73 Å². The quantitative estimate of drug-likeness (QED) is 0.579. The standard InChI is InChI=1S/C26H27F3N4O2/c27-26(28,29)25(35)33(17-19-10-13-31-23-9-5-4-8-21(19)23)20-11-14-32(15-12-20)24(34)22(30)16-18-6-2-1-3-7-18/h1-10,13,20,22H,11-12,14-17,30H2/t22-/m1/s1. The highest BCUT2D eigenvalue weighted by Gasteiger charge is 2.45. The number of halogens is 3. The molecule has 2 heterocycles. The maximum Gasteiger partial charge on any atom is 0.471 e. The summed E-state index contributed by atoms with van der Waals surface area (Å²) in [6, 6.07) is 16.8. The first-order chi connectivity index (χ1) is 16.7. The van der Waals surface area contributed by atoms with Crippen LogP contribution in [-0.4, -0.2) is 57.9 Å². The number of amides is 2. The van der Waals surface area contributed by atoms with E-state index in [1.54, 1.807) is 35.2 Å². The Labute approximate surface area is 201 Å². The number of fused-ring (bicyclic) bond motifs is 1. The van der Waals surface area contributed by atoms with E-state index in [1.807, 2.05) is 30.3 Å². The van der Waals surface area contributed by atoms with Gasteiger partial charge in [-0.3, -0.25) is 14.6 Å². The number of nitrogens with two attached hydrogens (primary N) is 1. The van der Waals surface area contributed by atoms with Crippen LogP contribution in [0, 0.1) is 0 Å². The van der Waals surface area contributed by atoms with E-state index < -0.39 is 24.2 Å². The fraction of sp³-hybridized carbons (Fsp3) is 0.346. The molecule has 3 aromatic rings. The molecule has 0 saturated carbocycles. The number of aromatic nitrogens is 1. The number of rotatable bonds is 6. The van der Waals surface area contributed by atoms with Crippen LogP contribution in [0.15, 0.2) is 66.9 Å². The summed E-state index contributed by atoms with van der Waals surface area (Å²) < 4.78 is 40.5. The number of hydrogen-bond acceptors (Lipinski definition) is 4. The van der Waals surface area contributed by atoms with Crippen molar-refractivity contribution < 1.29 is 22.8 Å². The van der Waals surface area contributed by atoms with Crippen molar-refractivity contribution in [1.29, 1.82) is 0 Å². The molecule has 2 amide bonds. The molecule has 0 radical (unpaired) electrons. The molecule has 9 heteroatoms. The summed E-state index contributed by atoms with van der Waals surface area (Å²) in [5.41, 5.74) is 8.31. The van der Waals surface area contributed by atoms with E-state index in [-0.39, 0.29) is 38.4 Å². The second-order valence-electron chi connectivity index (χ2n) is 8.77. The second-order valence-corrected chi connectivity index (χ2v) is 8.77. The Hall–Kier alpha value is -3.46. The number of carbonyl (C=O) groups excluding carboxylic acids is 2. The van der Waals surface area contributed by atoms with Gasteiger partial charge in [0.1, 0.15) is 0 Å². The molecule has 1 aliphatic heterocycles. The fourth-order valence-electron chi connectivity index (χ4n) is 4.59. The Balaban J connectivity index is 1.46. The molecule has 2 N–H and O–H groups in total. The molecule has 0 spiro atoms. The zero-order chi connectivity index (χ0) is 25.0. The monoisotopic (exact) mass is 484 g/mol. The summed E-state index contributed by atoms with van der Waals surface area (Å²) in [6.45, 7) is 0.295. The van der Waals surface area contributed by atoms with Crippen LogP contribution >= 0.6 is 0 Å². The van der Waals surface area contributed by atoms with Gasteiger partial charge in [-0.25, -0.2) is 0 Å². The zero-order valence-electron chi connectivity index (χ0n) is 19.1. The molecule has 1 atom stereocenters. The molecule has 4 rings (SSSR count). The van der Waals surface area contributed by atoms with Crippen LogP contribution in [0.5, 0.6) is 0 Å². The first kappa shape index (κ1) is 24.7. The van der Waals surface area contributed by atoms with Crippen molar-refractivity contribution in [2.45, 2.75) is 44.1 Å². The number of pyridine rings is 1. The first-order valence-corrected chi connectivity index (χ1v) is 11.5. The van der Waals surface area contributed by atoms with Crippen LogP contribution in [0.4, 0.5) is 13.2 Å². The van der Waals surface area contributed by atoms with Crippen LogP contribution in [0.1, 0.15) is 24.0 Å². The minimum absolute atomic E-state index is 0.187. The second kappa shape index (κ2) is 10.4. The van der Waals surface area contributed by atoms with Crippen LogP contribution in [-0.2, 0) is 22.6 Å². The summed E-state index contributed by atoms with van der Waals surface area (Å²) in [7, 11) is 0. The summed E-state index contributed by atoms with van der Waals surface area (Å²) >= 11 is 0. The van der Waals surface area contributed by atoms with Gasteiger partial charge in [-0.1, -0.05) is 48.5 Å². The fourth-order valence-corrected chi connectivity index (χ4v) is 4.59. The van der Waals surface area contributed by atoms with Gasteiger partial charge in [0, 0.05) is 37.3 Å². The summed E-state index contributed by atoms with van der Waals surface area (Å²) in [5, 5.41) is 0.703. The van der Waals surface area contributed by atoms with Crippen molar-refractivity contribution in [3.8, 4) is 0 Å². The Morgan fingerprint density at radius 2 is 1.69 bits per heavy atom. The van der Waals surface area contributed by atoms with Crippen molar-refractivity contribution in [3.63, 3.8) is 0 Å². The largest absolute Gasteiger partial charge is 0.471 e. The lowest BCUT2D eigenvalue weighted by atomic mass is 9.99. The van der Waals surface area contributed by atoms with Gasteiger partial charge in [0.2, 0.25) is 5.91 Å². The van der Waals surface area contributed by atoms with Crippen LogP contribution in [0.25, 0.3) is 10.9 Å². The van der Waals surface area contributed by atoms with Gasteiger partial charge in [-0.2, -0.15) is 13.2 Å². The lowest BCUT2D eigenvalue weighted by Gasteiger charge is -2.39. The Bertz CT molecular complexity index is 1170. The summed E-state index contributed by atoms with van der Waals surface area (Å²) in [5.74, 6) is -2.11. The molecule has 0 bridgehead atoms. The van der Waals surface area contributed by atoms with E-state index >= 15 is 0 Å². The highest BCUT2D eigenvalue weighted by atomic mass is 19.4. The van der Waals surface area contributed by atoms with Gasteiger partial charge < -0.3 is 15.5 Å². The number of carbonyl (C=O) groups is 2. The summed E-state index contributed by atoms with van der Waals surface area (Å²) in [6.07, 6.45) is -2.59. The van der Waals surface area contributed by atoms with Crippen molar-refractivity contribution in [2.75, 3.05) is 13.1 Å². The van der Waals surface area contributed by atoms with Gasteiger partial charge in [-0.05, 0) is 42.5 Å². The molecule has 1 saturated heterocycles. The highest BCUT2D eigenvalue weighted by Crippen LogP contribution is 2.28. The number of benzene rings is 2. The van der Waals surface area contributed by atoms with Gasteiger partial charge in [0.25, 0.3) is 0 Å². The van der Waals surface area contributed by atoms with Gasteiger partial charge in [-0.15, -0.1) is 0 Å². The number of alkyl halides is 3. The number of nitrogens with zero attached hydrogens (tertiary/aromatic N) is 3. The number of piperidine rings is 1. The lowest BCUT2D eigenvalue weighted by molar-refractivity contribution is -0.189. The molecule has 6 nitrogen and oxygen atoms in total. The normalized spacial score (nSPS) is 15.7. The first-order valence-electron chi connectivity index (χ1n) is 11.5. The van der Waals surface area contributed by atoms with Gasteiger partial charge in [0.05, 0.1) is 11.6 Å². The predicted molar refractivity (Wildman–Crippen MR) is 126 cm³/mol. The summed E-state index contributed by atoms with van der Waals surface area (Å²) in [4.78, 5) is 32.0.